The van der Waals surface area contributed by atoms with Gasteiger partial charge in [-0.25, -0.2) is 0 Å². The van der Waals surface area contributed by atoms with E-state index in [9.17, 15) is 18.1 Å². The lowest BCUT2D eigenvalue weighted by molar-refractivity contribution is 0.472. The van der Waals surface area contributed by atoms with Gasteiger partial charge in [0.05, 0.1) is 17.1 Å². The van der Waals surface area contributed by atoms with E-state index in [4.69, 9.17) is 0 Å². The van der Waals surface area contributed by atoms with E-state index in [1.165, 1.54) is 6.07 Å². The molecule has 0 radical (unpaired) electrons. The minimum Gasteiger partial charge on any atom is -0.505 e. The molecule has 0 fully saturated rings. The third kappa shape index (κ3) is 3.55. The number of phenolic OH excluding ortho intramolecular Hbond substituents is 1. The van der Waals surface area contributed by atoms with Crippen molar-refractivity contribution in [1.82, 2.24) is 0 Å². The Morgan fingerprint density at radius 1 is 0.844 bits per heavy atom. The Kier molecular flexibility index (Phi) is 4.80. The lowest BCUT2D eigenvalue weighted by atomic mass is 9.97. The zero-order valence-corrected chi connectivity index (χ0v) is 17.5. The van der Waals surface area contributed by atoms with E-state index in [0.29, 0.717) is 28.6 Å². The maximum Gasteiger partial charge on any atom is 0.296 e. The molecule has 0 aliphatic carbocycles. The fourth-order valence-corrected chi connectivity index (χ4v) is 4.45. The van der Waals surface area contributed by atoms with Gasteiger partial charge < -0.3 is 5.11 Å². The van der Waals surface area contributed by atoms with Crippen LogP contribution in [0, 0.1) is 0 Å². The SMILES string of the molecule is O=S(=O)(O)c1cc2c3c(ccc2c(O)c1/N=N/c1ccccc1)N=C(c1ccccc1)C3. The highest BCUT2D eigenvalue weighted by atomic mass is 32.2. The van der Waals surface area contributed by atoms with E-state index in [1.54, 1.807) is 36.4 Å². The highest BCUT2D eigenvalue weighted by molar-refractivity contribution is 7.86. The van der Waals surface area contributed by atoms with Crippen LogP contribution in [0.5, 0.6) is 5.75 Å². The van der Waals surface area contributed by atoms with Crippen molar-refractivity contribution in [3.8, 4) is 5.75 Å². The van der Waals surface area contributed by atoms with Crippen LogP contribution in [0.2, 0.25) is 0 Å². The lowest BCUT2D eigenvalue weighted by Gasteiger charge is -2.11. The standard InChI is InChI=1S/C24H17N3O4S/c28-24-17-11-12-20-19(13-21(25-20)15-7-3-1-4-8-15)18(17)14-22(32(29,30)31)23(24)27-26-16-9-5-2-6-10-16/h1-12,14,28H,13H2,(H,29,30,31)/b27-26+. The summed E-state index contributed by atoms with van der Waals surface area (Å²) in [6.07, 6.45) is 0.464. The Morgan fingerprint density at radius 3 is 2.22 bits per heavy atom. The normalized spacial score (nSPS) is 13.5. The Morgan fingerprint density at radius 2 is 1.53 bits per heavy atom. The fourth-order valence-electron chi connectivity index (χ4n) is 3.80. The van der Waals surface area contributed by atoms with Crippen molar-refractivity contribution >= 4 is 43.7 Å². The van der Waals surface area contributed by atoms with Crippen molar-refractivity contribution in [2.24, 2.45) is 15.2 Å². The molecule has 5 rings (SSSR count). The van der Waals surface area contributed by atoms with Gasteiger partial charge >= 0.3 is 0 Å². The molecule has 0 amide bonds. The predicted octanol–water partition coefficient (Wildman–Crippen LogP) is 5.88. The first-order chi connectivity index (χ1) is 15.4. The second kappa shape index (κ2) is 7.67. The first-order valence-electron chi connectivity index (χ1n) is 9.80. The van der Waals surface area contributed by atoms with Gasteiger partial charge in [-0.1, -0.05) is 48.5 Å². The second-order valence-electron chi connectivity index (χ2n) is 7.34. The molecule has 0 spiro atoms. The van der Waals surface area contributed by atoms with Crippen molar-refractivity contribution in [3.05, 3.63) is 90.0 Å². The molecule has 1 heterocycles. The van der Waals surface area contributed by atoms with Gasteiger partial charge in [-0.05, 0) is 46.8 Å². The molecular formula is C24H17N3O4S. The quantitative estimate of drug-likeness (QED) is 0.303. The first-order valence-corrected chi connectivity index (χ1v) is 11.2. The Labute approximate surface area is 184 Å². The molecule has 158 valence electrons. The minimum absolute atomic E-state index is 0.314. The molecule has 7 nitrogen and oxygen atoms in total. The van der Waals surface area contributed by atoms with E-state index >= 15 is 0 Å². The molecule has 32 heavy (non-hydrogen) atoms. The zero-order valence-electron chi connectivity index (χ0n) is 16.7. The van der Waals surface area contributed by atoms with E-state index in [1.807, 2.05) is 36.4 Å². The molecule has 0 saturated carbocycles. The molecule has 8 heteroatoms. The van der Waals surface area contributed by atoms with Gasteiger partial charge in [0.25, 0.3) is 10.1 Å². The van der Waals surface area contributed by atoms with Gasteiger partial charge in [0.2, 0.25) is 0 Å². The molecule has 0 bridgehead atoms. The minimum atomic E-state index is -4.69. The van der Waals surface area contributed by atoms with Gasteiger partial charge in [0.1, 0.15) is 10.6 Å². The van der Waals surface area contributed by atoms with Gasteiger partial charge in [-0.3, -0.25) is 9.55 Å². The maximum absolute atomic E-state index is 12.2. The summed E-state index contributed by atoms with van der Waals surface area (Å²) >= 11 is 0. The van der Waals surface area contributed by atoms with Crippen LogP contribution in [0.3, 0.4) is 0 Å². The summed E-state index contributed by atoms with van der Waals surface area (Å²) < 4.78 is 34.2. The van der Waals surface area contributed by atoms with Crippen LogP contribution < -0.4 is 0 Å². The summed E-state index contributed by atoms with van der Waals surface area (Å²) in [5, 5.41) is 19.8. The van der Waals surface area contributed by atoms with Gasteiger partial charge in [0.15, 0.2) is 5.75 Å². The molecule has 4 aromatic rings. The van der Waals surface area contributed by atoms with Crippen LogP contribution in [0.4, 0.5) is 17.1 Å². The maximum atomic E-state index is 12.2. The number of benzene rings is 4. The second-order valence-corrected chi connectivity index (χ2v) is 8.73. The van der Waals surface area contributed by atoms with Crippen molar-refractivity contribution in [2.45, 2.75) is 11.3 Å². The van der Waals surface area contributed by atoms with Crippen molar-refractivity contribution < 1.29 is 18.1 Å². The lowest BCUT2D eigenvalue weighted by Crippen LogP contribution is -2.02. The van der Waals surface area contributed by atoms with Crippen molar-refractivity contribution in [2.75, 3.05) is 0 Å². The van der Waals surface area contributed by atoms with E-state index in [2.05, 4.69) is 15.2 Å². The average molecular weight is 443 g/mol. The van der Waals surface area contributed by atoms with Crippen LogP contribution in [0.1, 0.15) is 11.1 Å². The number of hydrogen-bond acceptors (Lipinski definition) is 6. The van der Waals surface area contributed by atoms with Crippen molar-refractivity contribution in [1.29, 1.82) is 0 Å². The summed E-state index contributed by atoms with van der Waals surface area (Å²) in [6, 6.07) is 23.1. The third-order valence-electron chi connectivity index (χ3n) is 5.33. The Balaban J connectivity index is 1.67. The average Bonchev–Trinajstić information content (AvgIpc) is 3.24. The summed E-state index contributed by atoms with van der Waals surface area (Å²) in [5.74, 6) is -0.370. The van der Waals surface area contributed by atoms with Crippen LogP contribution in [-0.2, 0) is 16.5 Å². The molecular weight excluding hydrogens is 426 g/mol. The third-order valence-corrected chi connectivity index (χ3v) is 6.19. The van der Waals surface area contributed by atoms with Gasteiger partial charge in [0, 0.05) is 11.8 Å². The summed E-state index contributed by atoms with van der Waals surface area (Å²) in [4.78, 5) is 4.16. The molecule has 0 atom stereocenters. The monoisotopic (exact) mass is 443 g/mol. The molecule has 4 aromatic carbocycles. The van der Waals surface area contributed by atoms with Crippen LogP contribution in [-0.4, -0.2) is 23.8 Å². The molecule has 1 aliphatic heterocycles. The summed E-state index contributed by atoms with van der Waals surface area (Å²) in [5.41, 5.74) is 3.43. The number of fused-ring (bicyclic) bond motifs is 3. The highest BCUT2D eigenvalue weighted by Crippen LogP contribution is 2.45. The number of rotatable bonds is 4. The predicted molar refractivity (Wildman–Crippen MR) is 122 cm³/mol. The van der Waals surface area contributed by atoms with E-state index < -0.39 is 15.0 Å². The number of azo groups is 1. The van der Waals surface area contributed by atoms with Crippen LogP contribution in [0.25, 0.3) is 10.8 Å². The van der Waals surface area contributed by atoms with E-state index in [-0.39, 0.29) is 11.4 Å². The Hall–Kier alpha value is -3.88. The van der Waals surface area contributed by atoms with E-state index in [0.717, 1.165) is 16.8 Å². The summed E-state index contributed by atoms with van der Waals surface area (Å²) in [6.45, 7) is 0. The molecule has 0 aromatic heterocycles. The molecule has 0 unspecified atom stereocenters. The highest BCUT2D eigenvalue weighted by Gasteiger charge is 2.26. The van der Waals surface area contributed by atoms with Gasteiger partial charge in [-0.2, -0.15) is 13.5 Å². The number of aromatic hydroxyl groups is 1. The smallest absolute Gasteiger partial charge is 0.296 e. The number of hydrogen-bond donors (Lipinski definition) is 2. The largest absolute Gasteiger partial charge is 0.505 e. The van der Waals surface area contributed by atoms with Crippen LogP contribution in [0.15, 0.2) is 99.0 Å². The zero-order chi connectivity index (χ0) is 22.3. The molecule has 1 aliphatic rings. The van der Waals surface area contributed by atoms with Crippen LogP contribution >= 0.6 is 0 Å². The van der Waals surface area contributed by atoms with Crippen molar-refractivity contribution in [3.63, 3.8) is 0 Å². The topological polar surface area (TPSA) is 112 Å². The van der Waals surface area contributed by atoms with Gasteiger partial charge in [-0.15, -0.1) is 5.11 Å². The number of phenols is 1. The Bertz CT molecular complexity index is 1510. The number of nitrogens with zero attached hydrogens (tertiary/aromatic N) is 3. The number of aliphatic imine (C=N–C) groups is 1. The molecule has 0 saturated heterocycles. The summed E-state index contributed by atoms with van der Waals surface area (Å²) in [7, 11) is -4.69. The molecule has 2 N–H and O–H groups in total. The first kappa shape index (κ1) is 20.0. The fraction of sp³-hybridized carbons (Fsp3) is 0.0417.